The molecule has 0 fully saturated rings. The van der Waals surface area contributed by atoms with Gasteiger partial charge in [0.05, 0.1) is 5.60 Å². The lowest BCUT2D eigenvalue weighted by Gasteiger charge is -2.20. The first-order valence-corrected chi connectivity index (χ1v) is 3.53. The summed E-state index contributed by atoms with van der Waals surface area (Å²) in [4.78, 5) is 0. The van der Waals surface area contributed by atoms with Gasteiger partial charge in [-0.1, -0.05) is 20.3 Å². The van der Waals surface area contributed by atoms with Crippen molar-refractivity contribution in [2.45, 2.75) is 39.2 Å². The van der Waals surface area contributed by atoms with E-state index in [4.69, 9.17) is 0 Å². The lowest BCUT2D eigenvalue weighted by molar-refractivity contribution is 0.0812. The summed E-state index contributed by atoms with van der Waals surface area (Å²) in [6.07, 6.45) is 1.91. The second-order valence-corrected chi connectivity index (χ2v) is 3.21. The van der Waals surface area contributed by atoms with E-state index >= 15 is 0 Å². The molecule has 0 rings (SSSR count). The standard InChI is InChI=1S/C8H17O/c1-5-7(2)6-8(3,4)9/h7,9H,3,5-6H2,1-2,4H3. The fraction of sp³-hybridized carbons (Fsp3) is 0.875. The molecule has 1 N–H and O–H groups in total. The predicted octanol–water partition coefficient (Wildman–Crippen LogP) is 2.01. The summed E-state index contributed by atoms with van der Waals surface area (Å²) >= 11 is 0. The maximum absolute atomic E-state index is 9.21. The Kier molecular flexibility index (Phi) is 3.20. The monoisotopic (exact) mass is 129 g/mol. The molecule has 0 aliphatic carbocycles. The van der Waals surface area contributed by atoms with Gasteiger partial charge in [0.25, 0.3) is 0 Å². The van der Waals surface area contributed by atoms with Crippen LogP contribution in [0.2, 0.25) is 0 Å². The van der Waals surface area contributed by atoms with Crippen molar-refractivity contribution in [2.24, 2.45) is 5.92 Å². The molecule has 0 aliphatic rings. The fourth-order valence-corrected chi connectivity index (χ4v) is 0.895. The van der Waals surface area contributed by atoms with Gasteiger partial charge in [-0.05, 0) is 26.2 Å². The molecular formula is C8H17O. The van der Waals surface area contributed by atoms with Crippen molar-refractivity contribution in [3.05, 3.63) is 6.92 Å². The van der Waals surface area contributed by atoms with Gasteiger partial charge < -0.3 is 5.11 Å². The molecule has 1 heteroatoms. The molecular weight excluding hydrogens is 112 g/mol. The molecule has 0 saturated carbocycles. The second kappa shape index (κ2) is 3.21. The maximum Gasteiger partial charge on any atom is 0.0623 e. The van der Waals surface area contributed by atoms with Crippen molar-refractivity contribution in [3.8, 4) is 0 Å². The number of aliphatic hydroxyl groups is 1. The molecule has 0 aromatic carbocycles. The van der Waals surface area contributed by atoms with Crippen LogP contribution < -0.4 is 0 Å². The Hall–Kier alpha value is -0.0400. The number of rotatable bonds is 3. The first-order valence-electron chi connectivity index (χ1n) is 3.53. The molecule has 0 aromatic rings. The van der Waals surface area contributed by atoms with Crippen molar-refractivity contribution in [1.29, 1.82) is 0 Å². The average molecular weight is 129 g/mol. The van der Waals surface area contributed by atoms with Crippen molar-refractivity contribution < 1.29 is 5.11 Å². The first-order chi connectivity index (χ1) is 3.95. The van der Waals surface area contributed by atoms with Gasteiger partial charge in [-0.2, -0.15) is 0 Å². The third kappa shape index (κ3) is 5.84. The van der Waals surface area contributed by atoms with Crippen molar-refractivity contribution >= 4 is 0 Å². The van der Waals surface area contributed by atoms with Gasteiger partial charge in [-0.15, -0.1) is 0 Å². The molecule has 55 valence electrons. The van der Waals surface area contributed by atoms with Crippen LogP contribution in [0.15, 0.2) is 0 Å². The van der Waals surface area contributed by atoms with Gasteiger partial charge in [0, 0.05) is 0 Å². The van der Waals surface area contributed by atoms with E-state index in [0.29, 0.717) is 5.92 Å². The van der Waals surface area contributed by atoms with Crippen LogP contribution in [-0.4, -0.2) is 10.7 Å². The molecule has 1 nitrogen and oxygen atoms in total. The summed E-state index contributed by atoms with van der Waals surface area (Å²) in [6, 6.07) is 0. The Morgan fingerprint density at radius 2 is 2.11 bits per heavy atom. The summed E-state index contributed by atoms with van der Waals surface area (Å²) < 4.78 is 0. The van der Waals surface area contributed by atoms with Crippen LogP contribution in [0, 0.1) is 12.8 Å². The van der Waals surface area contributed by atoms with Crippen molar-refractivity contribution in [1.82, 2.24) is 0 Å². The third-order valence-electron chi connectivity index (χ3n) is 1.49. The summed E-state index contributed by atoms with van der Waals surface area (Å²) in [5.74, 6) is 0.581. The third-order valence-corrected chi connectivity index (χ3v) is 1.49. The molecule has 0 bridgehead atoms. The highest BCUT2D eigenvalue weighted by molar-refractivity contribution is 4.76. The van der Waals surface area contributed by atoms with E-state index in [-0.39, 0.29) is 0 Å². The zero-order chi connectivity index (χ0) is 7.49. The average Bonchev–Trinajstić information content (AvgIpc) is 1.62. The fourth-order valence-electron chi connectivity index (χ4n) is 0.895. The molecule has 2 atom stereocenters. The van der Waals surface area contributed by atoms with E-state index in [9.17, 15) is 5.11 Å². The normalized spacial score (nSPS) is 15.7. The molecule has 0 amide bonds. The lowest BCUT2D eigenvalue weighted by atomic mass is 9.93. The predicted molar refractivity (Wildman–Crippen MR) is 40.1 cm³/mol. The maximum atomic E-state index is 9.21. The summed E-state index contributed by atoms with van der Waals surface area (Å²) in [5, 5.41) is 9.21. The Labute approximate surface area is 58.1 Å². The SMILES string of the molecule is [CH2]C(C)(O)CC(C)CC. The highest BCUT2D eigenvalue weighted by Crippen LogP contribution is 2.16. The van der Waals surface area contributed by atoms with Crippen molar-refractivity contribution in [2.75, 3.05) is 0 Å². The smallest absolute Gasteiger partial charge is 0.0623 e. The van der Waals surface area contributed by atoms with E-state index in [2.05, 4.69) is 20.8 Å². The Morgan fingerprint density at radius 1 is 1.67 bits per heavy atom. The molecule has 1 radical (unpaired) electrons. The first kappa shape index (κ1) is 8.96. The van der Waals surface area contributed by atoms with Crippen LogP contribution in [0.25, 0.3) is 0 Å². The minimum absolute atomic E-state index is 0.581. The molecule has 0 aliphatic heterocycles. The summed E-state index contributed by atoms with van der Waals surface area (Å²) in [6.45, 7) is 9.61. The van der Waals surface area contributed by atoms with Gasteiger partial charge in [-0.3, -0.25) is 0 Å². The summed E-state index contributed by atoms with van der Waals surface area (Å²) in [5.41, 5.74) is -0.727. The molecule has 9 heavy (non-hydrogen) atoms. The van der Waals surface area contributed by atoms with Gasteiger partial charge in [0.2, 0.25) is 0 Å². The molecule has 0 aromatic heterocycles. The Morgan fingerprint density at radius 3 is 2.22 bits per heavy atom. The molecule has 0 heterocycles. The zero-order valence-electron chi connectivity index (χ0n) is 6.65. The van der Waals surface area contributed by atoms with Crippen molar-refractivity contribution in [3.63, 3.8) is 0 Å². The minimum atomic E-state index is -0.727. The van der Waals surface area contributed by atoms with Gasteiger partial charge in [0.1, 0.15) is 0 Å². The van der Waals surface area contributed by atoms with Crippen LogP contribution >= 0.6 is 0 Å². The number of hydrogen-bond acceptors (Lipinski definition) is 1. The van der Waals surface area contributed by atoms with Crippen LogP contribution in [-0.2, 0) is 0 Å². The van der Waals surface area contributed by atoms with E-state index in [1.54, 1.807) is 6.92 Å². The molecule has 0 spiro atoms. The lowest BCUT2D eigenvalue weighted by Crippen LogP contribution is -2.22. The molecule has 0 saturated heterocycles. The highest BCUT2D eigenvalue weighted by atomic mass is 16.3. The van der Waals surface area contributed by atoms with E-state index in [0.717, 1.165) is 12.8 Å². The minimum Gasteiger partial charge on any atom is -0.390 e. The second-order valence-electron chi connectivity index (χ2n) is 3.21. The van der Waals surface area contributed by atoms with Crippen LogP contribution in [0.3, 0.4) is 0 Å². The van der Waals surface area contributed by atoms with Crippen LogP contribution in [0.1, 0.15) is 33.6 Å². The number of hydrogen-bond donors (Lipinski definition) is 1. The van der Waals surface area contributed by atoms with E-state index in [1.165, 1.54) is 0 Å². The van der Waals surface area contributed by atoms with Crippen LogP contribution in [0.5, 0.6) is 0 Å². The summed E-state index contributed by atoms with van der Waals surface area (Å²) in [7, 11) is 0. The Bertz CT molecular complexity index is 71.1. The Balaban J connectivity index is 3.47. The molecule has 2 unspecified atom stereocenters. The van der Waals surface area contributed by atoms with Gasteiger partial charge in [0.15, 0.2) is 0 Å². The van der Waals surface area contributed by atoms with E-state index < -0.39 is 5.60 Å². The van der Waals surface area contributed by atoms with E-state index in [1.807, 2.05) is 0 Å². The highest BCUT2D eigenvalue weighted by Gasteiger charge is 2.15. The van der Waals surface area contributed by atoms with Crippen LogP contribution in [0.4, 0.5) is 0 Å². The van der Waals surface area contributed by atoms with Gasteiger partial charge in [-0.25, -0.2) is 0 Å². The quantitative estimate of drug-likeness (QED) is 0.618. The zero-order valence-corrected chi connectivity index (χ0v) is 6.65. The topological polar surface area (TPSA) is 20.2 Å². The largest absolute Gasteiger partial charge is 0.390 e. The van der Waals surface area contributed by atoms with Gasteiger partial charge >= 0.3 is 0 Å².